The first-order chi connectivity index (χ1) is 18.0. The van der Waals surface area contributed by atoms with Gasteiger partial charge in [-0.15, -0.1) is 16.9 Å². The molecule has 2 amide bonds. The number of ether oxygens (including phenoxy) is 1. The molecular formula is C25H24N6O4S2. The van der Waals surface area contributed by atoms with Crippen LogP contribution < -0.4 is 5.32 Å². The lowest BCUT2D eigenvalue weighted by Gasteiger charge is -2.49. The Morgan fingerprint density at radius 3 is 2.49 bits per heavy atom. The zero-order chi connectivity index (χ0) is 25.8. The Balaban J connectivity index is 1.32. The highest BCUT2D eigenvalue weighted by Crippen LogP contribution is 2.42. The Kier molecular flexibility index (Phi) is 7.56. The van der Waals surface area contributed by atoms with Gasteiger partial charge >= 0.3 is 5.97 Å². The van der Waals surface area contributed by atoms with Crippen molar-refractivity contribution in [3.05, 3.63) is 83.1 Å². The standard InChI is InChI=1S/C25H24N6O4S2/c1-30-25(27-28-29-30)37-15-18-14-36-23-20(26-19(32)12-16-8-4-2-5-9-16)22(33)31(23)21(18)24(34)35-13-17-10-6-3-7-11-17/h2-11,20,23H,12-15H2,1H3,(H,26,32)/t20?,23-/m1/s1. The summed E-state index contributed by atoms with van der Waals surface area (Å²) >= 11 is 2.89. The Hall–Kier alpha value is -3.64. The van der Waals surface area contributed by atoms with Crippen molar-refractivity contribution in [1.82, 2.24) is 30.4 Å². The summed E-state index contributed by atoms with van der Waals surface area (Å²) in [4.78, 5) is 40.6. The van der Waals surface area contributed by atoms with Gasteiger partial charge in [0.25, 0.3) is 5.91 Å². The van der Waals surface area contributed by atoms with E-state index >= 15 is 0 Å². The van der Waals surface area contributed by atoms with Crippen molar-refractivity contribution < 1.29 is 19.1 Å². The number of aryl methyl sites for hydroxylation is 1. The number of carbonyl (C=O) groups excluding carboxylic acids is 3. The van der Waals surface area contributed by atoms with Gasteiger partial charge in [0.05, 0.1) is 6.42 Å². The second kappa shape index (κ2) is 11.2. The van der Waals surface area contributed by atoms with Gasteiger partial charge in [0.1, 0.15) is 23.7 Å². The molecule has 0 aliphatic carbocycles. The van der Waals surface area contributed by atoms with Crippen LogP contribution in [0.5, 0.6) is 0 Å². The summed E-state index contributed by atoms with van der Waals surface area (Å²) in [6.07, 6.45) is 0.178. The number of aromatic nitrogens is 4. The molecule has 1 fully saturated rings. The molecule has 1 N–H and O–H groups in total. The van der Waals surface area contributed by atoms with E-state index in [1.54, 1.807) is 11.7 Å². The number of rotatable bonds is 9. The lowest BCUT2D eigenvalue weighted by atomic mass is 10.0. The van der Waals surface area contributed by atoms with Crippen molar-refractivity contribution in [3.63, 3.8) is 0 Å². The summed E-state index contributed by atoms with van der Waals surface area (Å²) in [7, 11) is 1.74. The van der Waals surface area contributed by atoms with Gasteiger partial charge in [-0.1, -0.05) is 72.4 Å². The number of hydrogen-bond donors (Lipinski definition) is 1. The number of amides is 2. The lowest BCUT2D eigenvalue weighted by Crippen LogP contribution is -2.70. The minimum Gasteiger partial charge on any atom is -0.456 e. The van der Waals surface area contributed by atoms with Crippen LogP contribution >= 0.6 is 23.5 Å². The molecule has 2 aliphatic rings. The van der Waals surface area contributed by atoms with E-state index in [1.807, 2.05) is 60.7 Å². The van der Waals surface area contributed by atoms with Crippen LogP contribution in [0.1, 0.15) is 11.1 Å². The van der Waals surface area contributed by atoms with Crippen molar-refractivity contribution >= 4 is 41.3 Å². The quantitative estimate of drug-likeness (QED) is 0.249. The van der Waals surface area contributed by atoms with Crippen LogP contribution in [-0.4, -0.2) is 65.8 Å². The number of esters is 1. The molecule has 1 aromatic heterocycles. The Morgan fingerprint density at radius 1 is 1.11 bits per heavy atom. The summed E-state index contributed by atoms with van der Waals surface area (Å²) in [6.45, 7) is 0.0912. The van der Waals surface area contributed by atoms with Crippen molar-refractivity contribution in [1.29, 1.82) is 0 Å². The minimum atomic E-state index is -0.699. The second-order valence-corrected chi connectivity index (χ2v) is 10.6. The van der Waals surface area contributed by atoms with Crippen LogP contribution in [-0.2, 0) is 39.2 Å². The van der Waals surface area contributed by atoms with E-state index in [0.29, 0.717) is 16.7 Å². The van der Waals surface area contributed by atoms with E-state index < -0.39 is 12.0 Å². The maximum Gasteiger partial charge on any atom is 0.355 e. The van der Waals surface area contributed by atoms with Gasteiger partial charge < -0.3 is 10.1 Å². The molecule has 0 saturated carbocycles. The molecule has 2 aromatic carbocycles. The maximum absolute atomic E-state index is 13.3. The van der Waals surface area contributed by atoms with Crippen LogP contribution in [0.25, 0.3) is 0 Å². The number of carbonyl (C=O) groups is 3. The number of nitrogens with zero attached hydrogens (tertiary/aromatic N) is 5. The molecule has 1 saturated heterocycles. The third-order valence-electron chi connectivity index (χ3n) is 5.93. The molecule has 37 heavy (non-hydrogen) atoms. The zero-order valence-corrected chi connectivity index (χ0v) is 21.6. The third-order valence-corrected chi connectivity index (χ3v) is 8.37. The van der Waals surface area contributed by atoms with Gasteiger partial charge in [-0.2, -0.15) is 0 Å². The second-order valence-electron chi connectivity index (χ2n) is 8.51. The fourth-order valence-corrected chi connectivity index (χ4v) is 6.41. The minimum absolute atomic E-state index is 0.0912. The smallest absolute Gasteiger partial charge is 0.355 e. The van der Waals surface area contributed by atoms with Crippen molar-refractivity contribution in [2.45, 2.75) is 29.6 Å². The van der Waals surface area contributed by atoms with Gasteiger partial charge in [-0.05, 0) is 27.1 Å². The highest BCUT2D eigenvalue weighted by Gasteiger charge is 2.54. The summed E-state index contributed by atoms with van der Waals surface area (Å²) in [5.41, 5.74) is 2.71. The van der Waals surface area contributed by atoms with E-state index in [0.717, 1.165) is 16.7 Å². The summed E-state index contributed by atoms with van der Waals surface area (Å²) in [5.74, 6) is -0.207. The van der Waals surface area contributed by atoms with E-state index in [4.69, 9.17) is 4.74 Å². The molecule has 1 unspecified atom stereocenters. The molecule has 3 aromatic rings. The Labute approximate surface area is 221 Å². The first-order valence-electron chi connectivity index (χ1n) is 11.6. The maximum atomic E-state index is 13.3. The Bertz CT molecular complexity index is 1330. The lowest BCUT2D eigenvalue weighted by molar-refractivity contribution is -0.153. The number of nitrogens with one attached hydrogen (secondary N) is 1. The SMILES string of the molecule is Cn1nnnc1SCC1=C(C(=O)OCc2ccccc2)N2C(=O)C(NC(=O)Cc3ccccc3)[C@H]2SC1. The molecule has 12 heteroatoms. The molecule has 5 rings (SSSR count). The molecule has 0 bridgehead atoms. The van der Waals surface area contributed by atoms with E-state index in [-0.39, 0.29) is 35.9 Å². The van der Waals surface area contributed by atoms with Crippen LogP contribution in [0, 0.1) is 0 Å². The number of β-lactam (4-membered cyclic amide) rings is 1. The highest BCUT2D eigenvalue weighted by molar-refractivity contribution is 8.01. The monoisotopic (exact) mass is 536 g/mol. The van der Waals surface area contributed by atoms with Crippen molar-refractivity contribution in [2.75, 3.05) is 11.5 Å². The summed E-state index contributed by atoms with van der Waals surface area (Å²) < 4.78 is 7.16. The number of hydrogen-bond acceptors (Lipinski definition) is 9. The molecule has 0 radical (unpaired) electrons. The molecule has 2 atom stereocenters. The number of fused-ring (bicyclic) bond motifs is 1. The zero-order valence-electron chi connectivity index (χ0n) is 19.9. The van der Waals surface area contributed by atoms with E-state index in [2.05, 4.69) is 20.8 Å². The normalized spacial score (nSPS) is 18.7. The molecule has 190 valence electrons. The first-order valence-corrected chi connectivity index (χ1v) is 13.6. The molecule has 0 spiro atoms. The van der Waals surface area contributed by atoms with E-state index in [1.165, 1.54) is 28.4 Å². The van der Waals surface area contributed by atoms with Crippen molar-refractivity contribution in [2.24, 2.45) is 7.05 Å². The van der Waals surface area contributed by atoms with E-state index in [9.17, 15) is 14.4 Å². The number of thioether (sulfide) groups is 2. The predicted molar refractivity (Wildman–Crippen MR) is 138 cm³/mol. The largest absolute Gasteiger partial charge is 0.456 e. The highest BCUT2D eigenvalue weighted by atomic mass is 32.2. The predicted octanol–water partition coefficient (Wildman–Crippen LogP) is 1.94. The fourth-order valence-electron chi connectivity index (χ4n) is 4.08. The van der Waals surface area contributed by atoms with Gasteiger partial charge in [-0.25, -0.2) is 9.48 Å². The van der Waals surface area contributed by atoms with Crippen LogP contribution in [0.4, 0.5) is 0 Å². The summed E-state index contributed by atoms with van der Waals surface area (Å²) in [5, 5.41) is 14.5. The molecule has 3 heterocycles. The fraction of sp³-hybridized carbons (Fsp3) is 0.280. The van der Waals surface area contributed by atoms with Gasteiger partial charge in [-0.3, -0.25) is 14.5 Å². The van der Waals surface area contributed by atoms with Crippen LogP contribution in [0.2, 0.25) is 0 Å². The summed E-state index contributed by atoms with van der Waals surface area (Å²) in [6, 6.07) is 18.0. The van der Waals surface area contributed by atoms with Crippen molar-refractivity contribution in [3.8, 4) is 0 Å². The topological polar surface area (TPSA) is 119 Å². The van der Waals surface area contributed by atoms with Gasteiger partial charge in [0, 0.05) is 18.6 Å². The first kappa shape index (κ1) is 25.0. The van der Waals surface area contributed by atoms with Gasteiger partial charge in [0.15, 0.2) is 0 Å². The van der Waals surface area contributed by atoms with Crippen LogP contribution in [0.3, 0.4) is 0 Å². The molecular weight excluding hydrogens is 512 g/mol. The Morgan fingerprint density at radius 2 is 1.81 bits per heavy atom. The van der Waals surface area contributed by atoms with Gasteiger partial charge in [0.2, 0.25) is 11.1 Å². The number of tetrazole rings is 1. The average Bonchev–Trinajstić information content (AvgIpc) is 3.34. The average molecular weight is 537 g/mol. The van der Waals surface area contributed by atoms with Crippen LogP contribution in [0.15, 0.2) is 77.1 Å². The molecule has 10 nitrogen and oxygen atoms in total. The molecule has 2 aliphatic heterocycles. The number of benzene rings is 2. The third kappa shape index (κ3) is 5.54.